The van der Waals surface area contributed by atoms with Crippen LogP contribution in [0.15, 0.2) is 43.1 Å². The SMILES string of the molecule is C=CC(=O)C1(c2nccc3cc(Cl)ccc23)CNCCN1C#N. The van der Waals surface area contributed by atoms with Crippen LogP contribution in [-0.4, -0.2) is 35.3 Å². The molecule has 5 nitrogen and oxygen atoms in total. The van der Waals surface area contributed by atoms with E-state index < -0.39 is 5.54 Å². The maximum absolute atomic E-state index is 12.8. The highest BCUT2D eigenvalue weighted by molar-refractivity contribution is 6.31. The number of nitriles is 1. The third-order valence-corrected chi connectivity index (χ3v) is 4.42. The number of benzene rings is 1. The van der Waals surface area contributed by atoms with Crippen molar-refractivity contribution >= 4 is 28.2 Å². The van der Waals surface area contributed by atoms with Gasteiger partial charge >= 0.3 is 0 Å². The molecule has 23 heavy (non-hydrogen) atoms. The van der Waals surface area contributed by atoms with Gasteiger partial charge in [0.2, 0.25) is 0 Å². The van der Waals surface area contributed by atoms with E-state index in [9.17, 15) is 10.1 Å². The summed E-state index contributed by atoms with van der Waals surface area (Å²) in [7, 11) is 0. The molecule has 1 aromatic carbocycles. The van der Waals surface area contributed by atoms with Gasteiger partial charge in [-0.05, 0) is 29.7 Å². The van der Waals surface area contributed by atoms with Gasteiger partial charge in [-0.25, -0.2) is 0 Å². The average molecular weight is 327 g/mol. The van der Waals surface area contributed by atoms with Crippen LogP contribution in [0, 0.1) is 11.5 Å². The minimum absolute atomic E-state index is 0.249. The Morgan fingerprint density at radius 3 is 3.09 bits per heavy atom. The summed E-state index contributed by atoms with van der Waals surface area (Å²) >= 11 is 6.06. The van der Waals surface area contributed by atoms with Gasteiger partial charge in [-0.15, -0.1) is 0 Å². The maximum Gasteiger partial charge on any atom is 0.188 e. The second-order valence-electron chi connectivity index (χ2n) is 5.38. The molecule has 1 aliphatic rings. The zero-order chi connectivity index (χ0) is 16.4. The number of nitrogens with one attached hydrogen (secondary N) is 1. The van der Waals surface area contributed by atoms with Crippen molar-refractivity contribution in [3.05, 3.63) is 53.8 Å². The van der Waals surface area contributed by atoms with E-state index in [0.29, 0.717) is 30.4 Å². The van der Waals surface area contributed by atoms with Crippen LogP contribution >= 0.6 is 11.6 Å². The Labute approximate surface area is 139 Å². The fourth-order valence-corrected chi connectivity index (χ4v) is 3.26. The fourth-order valence-electron chi connectivity index (χ4n) is 3.08. The number of piperazine rings is 1. The van der Waals surface area contributed by atoms with Gasteiger partial charge in [-0.3, -0.25) is 14.7 Å². The molecule has 2 heterocycles. The summed E-state index contributed by atoms with van der Waals surface area (Å²) in [4.78, 5) is 18.7. The molecular weight excluding hydrogens is 312 g/mol. The first-order valence-corrected chi connectivity index (χ1v) is 7.61. The molecule has 1 aromatic heterocycles. The van der Waals surface area contributed by atoms with Gasteiger partial charge in [0.25, 0.3) is 0 Å². The Bertz CT molecular complexity index is 829. The van der Waals surface area contributed by atoms with E-state index in [0.717, 1.165) is 10.8 Å². The first kappa shape index (κ1) is 15.5. The molecule has 0 spiro atoms. The molecule has 1 unspecified atom stereocenters. The Hall–Kier alpha value is -2.42. The van der Waals surface area contributed by atoms with Gasteiger partial charge in [0, 0.05) is 36.2 Å². The van der Waals surface area contributed by atoms with Crippen LogP contribution in [0.2, 0.25) is 5.02 Å². The highest BCUT2D eigenvalue weighted by Crippen LogP contribution is 2.35. The molecule has 1 fully saturated rings. The van der Waals surface area contributed by atoms with Gasteiger partial charge < -0.3 is 5.32 Å². The Kier molecular flexibility index (Phi) is 4.03. The lowest BCUT2D eigenvalue weighted by Crippen LogP contribution is -2.61. The molecule has 116 valence electrons. The average Bonchev–Trinajstić information content (AvgIpc) is 2.59. The van der Waals surface area contributed by atoms with Crippen molar-refractivity contribution in [3.8, 4) is 6.19 Å². The topological polar surface area (TPSA) is 69.0 Å². The van der Waals surface area contributed by atoms with E-state index >= 15 is 0 Å². The lowest BCUT2D eigenvalue weighted by molar-refractivity contribution is -0.126. The van der Waals surface area contributed by atoms with Gasteiger partial charge in [-0.2, -0.15) is 5.26 Å². The summed E-state index contributed by atoms with van der Waals surface area (Å²) in [5, 5.41) is 15.1. The van der Waals surface area contributed by atoms with Crippen molar-refractivity contribution in [2.24, 2.45) is 0 Å². The minimum Gasteiger partial charge on any atom is -0.312 e. The van der Waals surface area contributed by atoms with Crippen LogP contribution in [-0.2, 0) is 10.3 Å². The Morgan fingerprint density at radius 1 is 1.52 bits per heavy atom. The predicted octanol–water partition coefficient (Wildman–Crippen LogP) is 2.22. The largest absolute Gasteiger partial charge is 0.312 e. The molecular formula is C17H15ClN4O. The van der Waals surface area contributed by atoms with Crippen molar-refractivity contribution in [2.45, 2.75) is 5.54 Å². The first-order chi connectivity index (χ1) is 11.1. The van der Waals surface area contributed by atoms with Crippen LogP contribution in [0.3, 0.4) is 0 Å². The number of rotatable bonds is 3. The van der Waals surface area contributed by atoms with Crippen molar-refractivity contribution < 1.29 is 4.79 Å². The molecule has 1 atom stereocenters. The fraction of sp³-hybridized carbons (Fsp3) is 0.235. The van der Waals surface area contributed by atoms with E-state index in [2.05, 4.69) is 23.1 Å². The number of hydrogen-bond acceptors (Lipinski definition) is 5. The number of carbonyl (C=O) groups is 1. The molecule has 0 amide bonds. The number of halogens is 1. The van der Waals surface area contributed by atoms with Crippen molar-refractivity contribution in [2.75, 3.05) is 19.6 Å². The molecule has 0 bridgehead atoms. The standard InChI is InChI=1S/C17H15ClN4O/c1-2-15(23)17(10-20-7-8-22(17)11-19)16-14-4-3-13(18)9-12(14)5-6-21-16/h2-6,9,20H,1,7-8,10H2. The Morgan fingerprint density at radius 2 is 2.35 bits per heavy atom. The zero-order valence-electron chi connectivity index (χ0n) is 12.4. The minimum atomic E-state index is -1.18. The van der Waals surface area contributed by atoms with Gasteiger partial charge in [0.15, 0.2) is 17.5 Å². The zero-order valence-corrected chi connectivity index (χ0v) is 13.2. The molecule has 2 aromatic rings. The number of aromatic nitrogens is 1. The van der Waals surface area contributed by atoms with Crippen LogP contribution in [0.1, 0.15) is 5.69 Å². The van der Waals surface area contributed by atoms with Crippen LogP contribution in [0.25, 0.3) is 10.8 Å². The highest BCUT2D eigenvalue weighted by Gasteiger charge is 2.48. The van der Waals surface area contributed by atoms with E-state index in [1.54, 1.807) is 12.3 Å². The number of pyridine rings is 1. The van der Waals surface area contributed by atoms with Crippen LogP contribution < -0.4 is 5.32 Å². The maximum atomic E-state index is 12.8. The molecule has 1 aliphatic heterocycles. The normalized spacial score (nSPS) is 21.0. The van der Waals surface area contributed by atoms with Crippen molar-refractivity contribution in [1.82, 2.24) is 15.2 Å². The number of ketones is 1. The number of hydrogen-bond donors (Lipinski definition) is 1. The molecule has 1 saturated heterocycles. The number of nitrogens with zero attached hydrogens (tertiary/aromatic N) is 3. The predicted molar refractivity (Wildman–Crippen MR) is 88.8 cm³/mol. The lowest BCUT2D eigenvalue weighted by Gasteiger charge is -2.42. The quantitative estimate of drug-likeness (QED) is 0.692. The van der Waals surface area contributed by atoms with E-state index in [4.69, 9.17) is 11.6 Å². The lowest BCUT2D eigenvalue weighted by atomic mass is 9.83. The number of carbonyl (C=O) groups excluding carboxylic acids is 1. The third kappa shape index (κ3) is 2.37. The van der Waals surface area contributed by atoms with Gasteiger partial charge in [-0.1, -0.05) is 24.2 Å². The second-order valence-corrected chi connectivity index (χ2v) is 5.82. The van der Waals surface area contributed by atoms with E-state index in [1.807, 2.05) is 18.2 Å². The van der Waals surface area contributed by atoms with Crippen molar-refractivity contribution in [1.29, 1.82) is 5.26 Å². The summed E-state index contributed by atoms with van der Waals surface area (Å²) < 4.78 is 0. The summed E-state index contributed by atoms with van der Waals surface area (Å²) in [6, 6.07) is 7.25. The van der Waals surface area contributed by atoms with Crippen LogP contribution in [0.5, 0.6) is 0 Å². The van der Waals surface area contributed by atoms with Gasteiger partial charge in [0.05, 0.1) is 5.69 Å². The van der Waals surface area contributed by atoms with Crippen molar-refractivity contribution in [3.63, 3.8) is 0 Å². The second kappa shape index (κ2) is 5.99. The van der Waals surface area contributed by atoms with Crippen LogP contribution in [0.4, 0.5) is 0 Å². The summed E-state index contributed by atoms with van der Waals surface area (Å²) in [5.74, 6) is -0.249. The Balaban J connectivity index is 2.32. The summed E-state index contributed by atoms with van der Waals surface area (Å²) in [6.45, 7) is 4.98. The number of fused-ring (bicyclic) bond motifs is 1. The molecule has 0 saturated carbocycles. The van der Waals surface area contributed by atoms with E-state index in [-0.39, 0.29) is 5.78 Å². The molecule has 3 rings (SSSR count). The summed E-state index contributed by atoms with van der Waals surface area (Å²) in [6.07, 6.45) is 5.04. The van der Waals surface area contributed by atoms with Gasteiger partial charge in [0.1, 0.15) is 0 Å². The smallest absolute Gasteiger partial charge is 0.188 e. The molecule has 1 N–H and O–H groups in total. The third-order valence-electron chi connectivity index (χ3n) is 4.19. The first-order valence-electron chi connectivity index (χ1n) is 7.23. The highest BCUT2D eigenvalue weighted by atomic mass is 35.5. The molecule has 0 aliphatic carbocycles. The molecule has 0 radical (unpaired) electrons. The monoisotopic (exact) mass is 326 g/mol. The van der Waals surface area contributed by atoms with E-state index in [1.165, 1.54) is 11.0 Å². The summed E-state index contributed by atoms with van der Waals surface area (Å²) in [5.41, 5.74) is -0.632. The molecule has 6 heteroatoms.